The van der Waals surface area contributed by atoms with Crippen LogP contribution in [0.4, 0.5) is 5.69 Å². The first-order valence-electron chi connectivity index (χ1n) is 6.77. The van der Waals surface area contributed by atoms with Gasteiger partial charge in [-0.1, -0.05) is 12.1 Å². The number of para-hydroxylation sites is 1. The van der Waals surface area contributed by atoms with Crippen molar-refractivity contribution in [1.82, 2.24) is 9.97 Å². The maximum atomic E-state index is 10.7. The molecule has 2 heterocycles. The van der Waals surface area contributed by atoms with E-state index in [1.165, 1.54) is 30.6 Å². The molecule has 112 valence electrons. The number of hydrogen-bond acceptors (Lipinski definition) is 6. The van der Waals surface area contributed by atoms with Crippen LogP contribution in [0.1, 0.15) is 0 Å². The number of rotatable bonds is 3. The van der Waals surface area contributed by atoms with Crippen molar-refractivity contribution in [2.45, 2.75) is 0 Å². The molecule has 0 saturated carbocycles. The third-order valence-corrected chi connectivity index (χ3v) is 3.39. The number of ether oxygens (including phenoxy) is 1. The predicted octanol–water partition coefficient (Wildman–Crippen LogP) is 4.08. The molecule has 2 aromatic carbocycles. The Labute approximate surface area is 129 Å². The van der Waals surface area contributed by atoms with Crippen LogP contribution in [0, 0.1) is 10.1 Å². The fraction of sp³-hybridized carbons (Fsp3) is 0. The number of fused-ring (bicyclic) bond motifs is 3. The largest absolute Gasteiger partial charge is 0.449 e. The number of furan rings is 1. The summed E-state index contributed by atoms with van der Waals surface area (Å²) in [6.45, 7) is 0. The highest BCUT2D eigenvalue weighted by molar-refractivity contribution is 6.03. The second-order valence-electron chi connectivity index (χ2n) is 4.81. The van der Waals surface area contributed by atoms with Crippen LogP contribution < -0.4 is 4.74 Å². The Morgan fingerprint density at radius 1 is 1.04 bits per heavy atom. The van der Waals surface area contributed by atoms with Crippen molar-refractivity contribution in [2.75, 3.05) is 0 Å². The van der Waals surface area contributed by atoms with E-state index >= 15 is 0 Å². The first-order chi connectivity index (χ1) is 11.2. The molecule has 0 aliphatic rings. The van der Waals surface area contributed by atoms with Gasteiger partial charge in [0.15, 0.2) is 0 Å². The summed E-state index contributed by atoms with van der Waals surface area (Å²) in [5.41, 5.74) is 1.78. The molecule has 2 aromatic heterocycles. The van der Waals surface area contributed by atoms with Gasteiger partial charge in [0.2, 0.25) is 5.58 Å². The quantitative estimate of drug-likeness (QED) is 0.418. The third kappa shape index (κ3) is 2.24. The maximum Gasteiger partial charge on any atom is 0.269 e. The molecule has 0 N–H and O–H groups in total. The average Bonchev–Trinajstić information content (AvgIpc) is 2.95. The Morgan fingerprint density at radius 2 is 1.83 bits per heavy atom. The van der Waals surface area contributed by atoms with E-state index in [-0.39, 0.29) is 11.6 Å². The number of nitro benzene ring substituents is 1. The van der Waals surface area contributed by atoms with Crippen LogP contribution in [-0.4, -0.2) is 14.9 Å². The Hall–Kier alpha value is -3.48. The molecule has 0 bridgehead atoms. The van der Waals surface area contributed by atoms with Crippen LogP contribution in [0.5, 0.6) is 11.6 Å². The molecule has 0 spiro atoms. The van der Waals surface area contributed by atoms with Crippen molar-refractivity contribution in [1.29, 1.82) is 0 Å². The second-order valence-corrected chi connectivity index (χ2v) is 4.81. The highest BCUT2D eigenvalue weighted by atomic mass is 16.6. The molecule has 0 atom stereocenters. The van der Waals surface area contributed by atoms with E-state index in [9.17, 15) is 10.1 Å². The molecule has 7 heteroatoms. The Kier molecular flexibility index (Phi) is 2.90. The number of hydrogen-bond donors (Lipinski definition) is 0. The van der Waals surface area contributed by atoms with Crippen molar-refractivity contribution in [2.24, 2.45) is 0 Å². The Morgan fingerprint density at radius 3 is 2.61 bits per heavy atom. The predicted molar refractivity (Wildman–Crippen MR) is 82.5 cm³/mol. The van der Waals surface area contributed by atoms with Crippen molar-refractivity contribution in [3.8, 4) is 11.6 Å². The lowest BCUT2D eigenvalue weighted by Crippen LogP contribution is -1.91. The molecule has 0 unspecified atom stereocenters. The van der Waals surface area contributed by atoms with Crippen LogP contribution in [0.2, 0.25) is 0 Å². The van der Waals surface area contributed by atoms with E-state index in [0.717, 1.165) is 5.39 Å². The molecule has 0 saturated heterocycles. The van der Waals surface area contributed by atoms with Crippen LogP contribution in [0.3, 0.4) is 0 Å². The lowest BCUT2D eigenvalue weighted by molar-refractivity contribution is -0.384. The van der Waals surface area contributed by atoms with Crippen LogP contribution in [0.25, 0.3) is 22.1 Å². The van der Waals surface area contributed by atoms with Crippen molar-refractivity contribution in [3.05, 3.63) is 65.0 Å². The van der Waals surface area contributed by atoms with Gasteiger partial charge in [-0.05, 0) is 24.3 Å². The number of aromatic nitrogens is 2. The molecule has 23 heavy (non-hydrogen) atoms. The molecular weight excluding hydrogens is 298 g/mol. The topological polar surface area (TPSA) is 91.3 Å². The molecule has 0 aliphatic heterocycles. The van der Waals surface area contributed by atoms with Crippen LogP contribution >= 0.6 is 0 Å². The van der Waals surface area contributed by atoms with E-state index in [1.54, 1.807) is 0 Å². The lowest BCUT2D eigenvalue weighted by Gasteiger charge is -2.03. The van der Waals surface area contributed by atoms with E-state index in [2.05, 4.69) is 9.97 Å². The highest BCUT2D eigenvalue weighted by Gasteiger charge is 2.15. The first kappa shape index (κ1) is 13.2. The molecule has 7 nitrogen and oxygen atoms in total. The third-order valence-electron chi connectivity index (χ3n) is 3.39. The Balaban J connectivity index is 1.78. The minimum Gasteiger partial charge on any atom is -0.449 e. The maximum absolute atomic E-state index is 10.7. The van der Waals surface area contributed by atoms with E-state index < -0.39 is 4.92 Å². The van der Waals surface area contributed by atoms with Gasteiger partial charge in [-0.15, -0.1) is 0 Å². The molecule has 0 aliphatic carbocycles. The van der Waals surface area contributed by atoms with Crippen molar-refractivity contribution in [3.63, 3.8) is 0 Å². The molecule has 0 amide bonds. The molecule has 4 rings (SSSR count). The summed E-state index contributed by atoms with van der Waals surface area (Å²) in [4.78, 5) is 18.5. The van der Waals surface area contributed by atoms with Crippen molar-refractivity contribution >= 4 is 27.8 Å². The van der Waals surface area contributed by atoms with Gasteiger partial charge in [0.05, 0.1) is 4.92 Å². The zero-order chi connectivity index (χ0) is 15.8. The minimum atomic E-state index is -0.466. The first-order valence-corrected chi connectivity index (χ1v) is 6.77. The van der Waals surface area contributed by atoms with E-state index in [0.29, 0.717) is 22.4 Å². The fourth-order valence-corrected chi connectivity index (χ4v) is 2.32. The minimum absolute atomic E-state index is 0.00563. The van der Waals surface area contributed by atoms with Gasteiger partial charge in [-0.2, -0.15) is 4.98 Å². The highest BCUT2D eigenvalue weighted by Crippen LogP contribution is 2.33. The van der Waals surface area contributed by atoms with E-state index in [1.807, 2.05) is 24.3 Å². The monoisotopic (exact) mass is 307 g/mol. The standard InChI is InChI=1S/C16H9N3O4/c20-19(21)10-5-7-11(8-6-10)22-16-15-14(17-9-18-16)12-3-1-2-4-13(12)23-15/h1-9H. The van der Waals surface area contributed by atoms with Gasteiger partial charge in [0, 0.05) is 17.5 Å². The number of nitro groups is 1. The normalized spacial score (nSPS) is 11.0. The lowest BCUT2D eigenvalue weighted by atomic mass is 10.2. The zero-order valence-corrected chi connectivity index (χ0v) is 11.7. The van der Waals surface area contributed by atoms with Gasteiger partial charge in [-0.25, -0.2) is 4.98 Å². The SMILES string of the molecule is O=[N+]([O-])c1ccc(Oc2ncnc3c2oc2ccccc23)cc1. The van der Waals surface area contributed by atoms with Crippen molar-refractivity contribution < 1.29 is 14.1 Å². The zero-order valence-electron chi connectivity index (χ0n) is 11.7. The summed E-state index contributed by atoms with van der Waals surface area (Å²) < 4.78 is 11.4. The number of non-ortho nitro benzene ring substituents is 1. The van der Waals surface area contributed by atoms with Gasteiger partial charge >= 0.3 is 0 Å². The van der Waals surface area contributed by atoms with Gasteiger partial charge in [-0.3, -0.25) is 10.1 Å². The summed E-state index contributed by atoms with van der Waals surface area (Å²) >= 11 is 0. The second kappa shape index (κ2) is 5.06. The number of nitrogens with zero attached hydrogens (tertiary/aromatic N) is 3. The van der Waals surface area contributed by atoms with Gasteiger partial charge in [0.25, 0.3) is 11.6 Å². The summed E-state index contributed by atoms with van der Waals surface area (Å²) in [6.07, 6.45) is 1.39. The number of benzene rings is 2. The average molecular weight is 307 g/mol. The summed E-state index contributed by atoms with van der Waals surface area (Å²) in [5.74, 6) is 0.691. The summed E-state index contributed by atoms with van der Waals surface area (Å²) in [7, 11) is 0. The molecule has 0 fully saturated rings. The molecule has 0 radical (unpaired) electrons. The smallest absolute Gasteiger partial charge is 0.269 e. The summed E-state index contributed by atoms with van der Waals surface area (Å²) in [6, 6.07) is 13.3. The van der Waals surface area contributed by atoms with Crippen LogP contribution in [0.15, 0.2) is 59.3 Å². The van der Waals surface area contributed by atoms with E-state index in [4.69, 9.17) is 9.15 Å². The molecular formula is C16H9N3O4. The molecule has 4 aromatic rings. The summed E-state index contributed by atoms with van der Waals surface area (Å²) in [5, 5.41) is 11.5. The van der Waals surface area contributed by atoms with Gasteiger partial charge in [0.1, 0.15) is 23.2 Å². The fourth-order valence-electron chi connectivity index (χ4n) is 2.32. The Bertz CT molecular complexity index is 1020. The van der Waals surface area contributed by atoms with Gasteiger partial charge < -0.3 is 9.15 Å². The van der Waals surface area contributed by atoms with Crippen LogP contribution in [-0.2, 0) is 0 Å².